The van der Waals surface area contributed by atoms with Crippen LogP contribution in [0.3, 0.4) is 0 Å². The molecule has 6 nitrogen and oxygen atoms in total. The van der Waals surface area contributed by atoms with Crippen LogP contribution >= 0.6 is 0 Å². The Morgan fingerprint density at radius 3 is 2.57 bits per heavy atom. The molecule has 1 aliphatic heterocycles. The fourth-order valence-corrected chi connectivity index (χ4v) is 4.75. The molecule has 0 spiro atoms. The summed E-state index contributed by atoms with van der Waals surface area (Å²) in [4.78, 5) is 0. The van der Waals surface area contributed by atoms with Gasteiger partial charge in [-0.15, -0.1) is 0 Å². The van der Waals surface area contributed by atoms with Crippen LogP contribution in [0.5, 0.6) is 0 Å². The quantitative estimate of drug-likeness (QED) is 0.872. The second-order valence-electron chi connectivity index (χ2n) is 5.36. The normalized spacial score (nSPS) is 20.4. The van der Waals surface area contributed by atoms with E-state index in [0.717, 1.165) is 24.9 Å². The maximum absolute atomic E-state index is 12.9. The number of rotatable bonds is 3. The second-order valence-corrected chi connectivity index (χ2v) is 7.09. The monoisotopic (exact) mass is 305 g/mol. The minimum atomic E-state index is -3.54. The van der Waals surface area contributed by atoms with Crippen LogP contribution in [0.2, 0.25) is 0 Å². The summed E-state index contributed by atoms with van der Waals surface area (Å²) in [6.45, 7) is 0.169. The van der Waals surface area contributed by atoms with Gasteiger partial charge in [0.05, 0.1) is 24.1 Å². The number of anilines is 2. The molecule has 0 saturated heterocycles. The molecule has 1 saturated carbocycles. The van der Waals surface area contributed by atoms with Crippen LogP contribution in [0, 0.1) is 0 Å². The first kappa shape index (κ1) is 12.7. The zero-order valence-corrected chi connectivity index (χ0v) is 12.2. The van der Waals surface area contributed by atoms with Gasteiger partial charge in [0.2, 0.25) is 0 Å². The van der Waals surface area contributed by atoms with Crippen molar-refractivity contribution in [3.63, 3.8) is 0 Å². The van der Waals surface area contributed by atoms with Crippen molar-refractivity contribution in [2.24, 2.45) is 0 Å². The number of para-hydroxylation sites is 2. The molecular formula is C14H15N3O3S. The third-order valence-electron chi connectivity index (χ3n) is 4.11. The highest BCUT2D eigenvalue weighted by molar-refractivity contribution is 7.94. The average Bonchev–Trinajstić information content (AvgIpc) is 2.99. The summed E-state index contributed by atoms with van der Waals surface area (Å²) in [6.07, 6.45) is 4.45. The molecule has 1 fully saturated rings. The minimum absolute atomic E-state index is 0.0795. The van der Waals surface area contributed by atoms with E-state index in [-0.39, 0.29) is 12.6 Å². The summed E-state index contributed by atoms with van der Waals surface area (Å²) in [5.41, 5.74) is 1.47. The Morgan fingerprint density at radius 1 is 1.19 bits per heavy atom. The van der Waals surface area contributed by atoms with E-state index in [1.807, 2.05) is 24.3 Å². The summed E-state index contributed by atoms with van der Waals surface area (Å²) in [7, 11) is -3.54. The van der Waals surface area contributed by atoms with Gasteiger partial charge in [-0.1, -0.05) is 17.3 Å². The maximum atomic E-state index is 12.9. The molecule has 1 aromatic carbocycles. The Labute approximate surface area is 123 Å². The number of benzene rings is 1. The predicted molar refractivity (Wildman–Crippen MR) is 78.2 cm³/mol. The van der Waals surface area contributed by atoms with Crippen molar-refractivity contribution in [3.8, 4) is 0 Å². The zero-order chi connectivity index (χ0) is 14.4. The van der Waals surface area contributed by atoms with E-state index < -0.39 is 10.2 Å². The Kier molecular flexibility index (Phi) is 2.72. The summed E-state index contributed by atoms with van der Waals surface area (Å²) in [6, 6.07) is 9.19. The highest BCUT2D eigenvalue weighted by Crippen LogP contribution is 2.45. The van der Waals surface area contributed by atoms with Gasteiger partial charge in [0.15, 0.2) is 5.76 Å². The first-order chi connectivity index (χ1) is 10.2. The highest BCUT2D eigenvalue weighted by atomic mass is 32.2. The van der Waals surface area contributed by atoms with Crippen LogP contribution < -0.4 is 8.61 Å². The lowest BCUT2D eigenvalue weighted by atomic mass is 9.93. The lowest BCUT2D eigenvalue weighted by Gasteiger charge is -2.35. The number of nitrogens with zero attached hydrogens (tertiary/aromatic N) is 3. The van der Waals surface area contributed by atoms with Gasteiger partial charge in [-0.05, 0) is 31.4 Å². The topological polar surface area (TPSA) is 66.7 Å². The molecule has 7 heteroatoms. The lowest BCUT2D eigenvalue weighted by Crippen LogP contribution is -2.46. The molecule has 110 valence electrons. The fourth-order valence-electron chi connectivity index (χ4n) is 2.85. The standard InChI is InChI=1S/C14H15N3O3S/c18-21(19)16(10-12-8-9-15-20-12)13-6-1-2-7-14(13)17(21)11-4-3-5-11/h1-2,6-9,11H,3-5,10H2. The van der Waals surface area contributed by atoms with E-state index >= 15 is 0 Å². The maximum Gasteiger partial charge on any atom is 0.327 e. The highest BCUT2D eigenvalue weighted by Gasteiger charge is 2.45. The number of aromatic nitrogens is 1. The first-order valence-electron chi connectivity index (χ1n) is 6.98. The van der Waals surface area contributed by atoms with Gasteiger partial charge < -0.3 is 4.52 Å². The number of fused-ring (bicyclic) bond motifs is 1. The zero-order valence-electron chi connectivity index (χ0n) is 11.3. The largest absolute Gasteiger partial charge is 0.359 e. The van der Waals surface area contributed by atoms with Crippen molar-refractivity contribution >= 4 is 21.6 Å². The minimum Gasteiger partial charge on any atom is -0.359 e. The first-order valence-corrected chi connectivity index (χ1v) is 8.38. The van der Waals surface area contributed by atoms with Crippen LogP contribution in [0.4, 0.5) is 11.4 Å². The van der Waals surface area contributed by atoms with Gasteiger partial charge in [0.25, 0.3) is 0 Å². The summed E-state index contributed by atoms with van der Waals surface area (Å²) in [5, 5.41) is 3.64. The molecule has 21 heavy (non-hydrogen) atoms. The van der Waals surface area contributed by atoms with Gasteiger partial charge >= 0.3 is 10.2 Å². The molecule has 1 aliphatic carbocycles. The van der Waals surface area contributed by atoms with Crippen LogP contribution in [-0.2, 0) is 16.8 Å². The molecule has 1 aromatic heterocycles. The number of hydrogen-bond donors (Lipinski definition) is 0. The van der Waals surface area contributed by atoms with Crippen molar-refractivity contribution in [2.45, 2.75) is 31.8 Å². The lowest BCUT2D eigenvalue weighted by molar-refractivity contribution is 0.384. The molecule has 2 heterocycles. The van der Waals surface area contributed by atoms with Gasteiger partial charge in [0, 0.05) is 12.1 Å². The SMILES string of the molecule is O=S1(=O)N(Cc2ccno2)c2ccccc2N1C1CCC1. The summed E-state index contributed by atoms with van der Waals surface area (Å²) >= 11 is 0. The average molecular weight is 305 g/mol. The van der Waals surface area contributed by atoms with E-state index in [2.05, 4.69) is 5.16 Å². The third-order valence-corrected chi connectivity index (χ3v) is 5.99. The van der Waals surface area contributed by atoms with Gasteiger partial charge in [0.1, 0.15) is 0 Å². The van der Waals surface area contributed by atoms with Crippen LogP contribution in [0.15, 0.2) is 41.1 Å². The third kappa shape index (κ3) is 1.84. The molecule has 4 rings (SSSR count). The smallest absolute Gasteiger partial charge is 0.327 e. The molecule has 0 unspecified atom stereocenters. The molecule has 0 bridgehead atoms. The second kappa shape index (κ2) is 4.49. The van der Waals surface area contributed by atoms with Crippen LogP contribution in [0.1, 0.15) is 25.0 Å². The van der Waals surface area contributed by atoms with Gasteiger partial charge in [-0.3, -0.25) is 0 Å². The molecule has 2 aromatic rings. The van der Waals surface area contributed by atoms with Crippen molar-refractivity contribution in [1.29, 1.82) is 0 Å². The Morgan fingerprint density at radius 2 is 1.95 bits per heavy atom. The van der Waals surface area contributed by atoms with E-state index in [4.69, 9.17) is 4.52 Å². The van der Waals surface area contributed by atoms with Crippen molar-refractivity contribution in [2.75, 3.05) is 8.61 Å². The van der Waals surface area contributed by atoms with Crippen molar-refractivity contribution < 1.29 is 12.9 Å². The summed E-state index contributed by atoms with van der Waals surface area (Å²) in [5.74, 6) is 0.531. The van der Waals surface area contributed by atoms with Gasteiger partial charge in [-0.2, -0.15) is 8.42 Å². The van der Waals surface area contributed by atoms with Crippen molar-refractivity contribution in [3.05, 3.63) is 42.3 Å². The van der Waals surface area contributed by atoms with Crippen LogP contribution in [0.25, 0.3) is 0 Å². The van der Waals surface area contributed by atoms with Crippen LogP contribution in [-0.4, -0.2) is 19.6 Å². The Hall–Kier alpha value is -2.02. The summed E-state index contributed by atoms with van der Waals surface area (Å²) < 4.78 is 33.8. The van der Waals surface area contributed by atoms with E-state index in [1.165, 1.54) is 10.5 Å². The molecule has 0 N–H and O–H groups in total. The fraction of sp³-hybridized carbons (Fsp3) is 0.357. The van der Waals surface area contributed by atoms with E-state index in [1.54, 1.807) is 10.4 Å². The van der Waals surface area contributed by atoms with Crippen molar-refractivity contribution in [1.82, 2.24) is 5.16 Å². The number of hydrogen-bond acceptors (Lipinski definition) is 4. The molecule has 2 aliphatic rings. The predicted octanol–water partition coefficient (Wildman–Crippen LogP) is 2.30. The van der Waals surface area contributed by atoms with Gasteiger partial charge in [-0.25, -0.2) is 8.61 Å². The molecule has 0 atom stereocenters. The molecular weight excluding hydrogens is 290 g/mol. The molecule has 0 radical (unpaired) electrons. The molecule has 0 amide bonds. The Bertz CT molecular complexity index is 754. The van der Waals surface area contributed by atoms with E-state index in [0.29, 0.717) is 11.4 Å². The Balaban J connectivity index is 1.79. The van der Waals surface area contributed by atoms with E-state index in [9.17, 15) is 8.42 Å².